The number of phenolic OH excluding ortho intramolecular Hbond substituents is 1. The Morgan fingerprint density at radius 2 is 1.96 bits per heavy atom. The number of carbonyl (C=O) groups excluding carboxylic acids is 1. The minimum absolute atomic E-state index is 0.167. The number of hydrogen-bond donors (Lipinski definition) is 1. The first-order valence-corrected chi connectivity index (χ1v) is 8.96. The Hall–Kier alpha value is -2.44. The van der Waals surface area contributed by atoms with Gasteiger partial charge in [0.15, 0.2) is 0 Å². The summed E-state index contributed by atoms with van der Waals surface area (Å²) in [5.74, 6) is 0.465. The van der Waals surface area contributed by atoms with E-state index in [-0.39, 0.29) is 5.91 Å². The number of carbonyl (C=O) groups is 1. The smallest absolute Gasteiger partial charge is 0.236 e. The Kier molecular flexibility index (Phi) is 6.20. The number of likely N-dealkylation sites (N-methyl/N-ethyl adjacent to an activating group) is 1. The zero-order valence-corrected chi connectivity index (χ0v) is 15.2. The average Bonchev–Trinajstić information content (AvgIpc) is 2.63. The summed E-state index contributed by atoms with van der Waals surface area (Å²) < 4.78 is 0. The number of nitrogens with zero attached hydrogens (tertiary/aromatic N) is 4. The van der Waals surface area contributed by atoms with Gasteiger partial charge in [0.1, 0.15) is 5.75 Å². The molecule has 1 aliphatic heterocycles. The third-order valence-electron chi connectivity index (χ3n) is 4.60. The van der Waals surface area contributed by atoms with Gasteiger partial charge >= 0.3 is 0 Å². The molecule has 0 unspecified atom stereocenters. The van der Waals surface area contributed by atoms with Crippen LogP contribution in [0.1, 0.15) is 11.3 Å². The number of rotatable bonds is 6. The molecule has 1 fully saturated rings. The van der Waals surface area contributed by atoms with Crippen LogP contribution in [0.25, 0.3) is 0 Å². The molecule has 1 saturated heterocycles. The number of benzene rings is 1. The SMILES string of the molecule is CN(CC(=O)N1CCN(Cc2cccc(O)c2)CC1)Cc1ccccn1. The second-order valence-electron chi connectivity index (χ2n) is 6.82. The summed E-state index contributed by atoms with van der Waals surface area (Å²) in [5.41, 5.74) is 2.07. The quantitative estimate of drug-likeness (QED) is 0.853. The summed E-state index contributed by atoms with van der Waals surface area (Å²) in [4.78, 5) is 23.1. The largest absolute Gasteiger partial charge is 0.508 e. The summed E-state index contributed by atoms with van der Waals surface area (Å²) in [6.07, 6.45) is 1.77. The molecule has 0 spiro atoms. The second kappa shape index (κ2) is 8.78. The van der Waals surface area contributed by atoms with Gasteiger partial charge in [-0.1, -0.05) is 18.2 Å². The molecule has 1 N–H and O–H groups in total. The molecule has 1 aromatic carbocycles. The van der Waals surface area contributed by atoms with Crippen molar-refractivity contribution in [2.24, 2.45) is 0 Å². The molecule has 0 radical (unpaired) electrons. The van der Waals surface area contributed by atoms with Crippen molar-refractivity contribution in [1.29, 1.82) is 0 Å². The molecule has 1 amide bonds. The Labute approximate surface area is 154 Å². The number of aromatic hydroxyl groups is 1. The molecule has 2 heterocycles. The first kappa shape index (κ1) is 18.4. The molecule has 3 rings (SSSR count). The molecule has 6 nitrogen and oxygen atoms in total. The van der Waals surface area contributed by atoms with E-state index >= 15 is 0 Å². The number of piperazine rings is 1. The van der Waals surface area contributed by atoms with E-state index in [1.165, 1.54) is 0 Å². The highest BCUT2D eigenvalue weighted by atomic mass is 16.3. The van der Waals surface area contributed by atoms with Crippen LogP contribution in [0.15, 0.2) is 48.7 Å². The lowest BCUT2D eigenvalue weighted by molar-refractivity contribution is -0.134. The fourth-order valence-electron chi connectivity index (χ4n) is 3.22. The Morgan fingerprint density at radius 1 is 1.15 bits per heavy atom. The van der Waals surface area contributed by atoms with Gasteiger partial charge in [0.2, 0.25) is 5.91 Å². The van der Waals surface area contributed by atoms with Gasteiger partial charge in [-0.3, -0.25) is 19.6 Å². The van der Waals surface area contributed by atoms with E-state index in [1.807, 2.05) is 47.2 Å². The van der Waals surface area contributed by atoms with Crippen molar-refractivity contribution in [3.05, 3.63) is 59.9 Å². The van der Waals surface area contributed by atoms with Crippen LogP contribution in [-0.2, 0) is 17.9 Å². The van der Waals surface area contributed by atoms with E-state index in [9.17, 15) is 9.90 Å². The number of pyridine rings is 1. The zero-order valence-electron chi connectivity index (χ0n) is 15.2. The predicted molar refractivity (Wildman–Crippen MR) is 101 cm³/mol. The van der Waals surface area contributed by atoms with Crippen LogP contribution in [0.4, 0.5) is 0 Å². The molecule has 6 heteroatoms. The monoisotopic (exact) mass is 354 g/mol. The number of amides is 1. The van der Waals surface area contributed by atoms with Crippen molar-refractivity contribution in [2.45, 2.75) is 13.1 Å². The number of aromatic nitrogens is 1. The van der Waals surface area contributed by atoms with E-state index < -0.39 is 0 Å². The topological polar surface area (TPSA) is 59.9 Å². The molecule has 0 saturated carbocycles. The number of hydrogen-bond acceptors (Lipinski definition) is 5. The Bertz CT molecular complexity index is 715. The summed E-state index contributed by atoms with van der Waals surface area (Å²) in [7, 11) is 1.95. The zero-order chi connectivity index (χ0) is 18.4. The first-order valence-electron chi connectivity index (χ1n) is 8.96. The minimum atomic E-state index is 0.167. The van der Waals surface area contributed by atoms with E-state index in [1.54, 1.807) is 18.3 Å². The van der Waals surface area contributed by atoms with Crippen molar-refractivity contribution >= 4 is 5.91 Å². The molecule has 26 heavy (non-hydrogen) atoms. The van der Waals surface area contributed by atoms with Crippen LogP contribution < -0.4 is 0 Å². The maximum Gasteiger partial charge on any atom is 0.236 e. The van der Waals surface area contributed by atoms with Crippen molar-refractivity contribution in [3.63, 3.8) is 0 Å². The lowest BCUT2D eigenvalue weighted by atomic mass is 10.2. The van der Waals surface area contributed by atoms with Gasteiger partial charge in [0.25, 0.3) is 0 Å². The van der Waals surface area contributed by atoms with Gasteiger partial charge in [-0.05, 0) is 36.9 Å². The molecule has 138 valence electrons. The standard InChI is InChI=1S/C20H26N4O2/c1-22(15-18-6-2-3-8-21-18)16-20(26)24-11-9-23(10-12-24)14-17-5-4-7-19(25)13-17/h2-8,13,25H,9-12,14-16H2,1H3. The van der Waals surface area contributed by atoms with E-state index in [2.05, 4.69) is 9.88 Å². The Morgan fingerprint density at radius 3 is 2.65 bits per heavy atom. The van der Waals surface area contributed by atoms with Crippen molar-refractivity contribution in [1.82, 2.24) is 19.7 Å². The van der Waals surface area contributed by atoms with Crippen molar-refractivity contribution in [2.75, 3.05) is 39.8 Å². The van der Waals surface area contributed by atoms with Crippen LogP contribution in [-0.4, -0.2) is 70.5 Å². The molecule has 0 aliphatic carbocycles. The lowest BCUT2D eigenvalue weighted by Gasteiger charge is -2.35. The van der Waals surface area contributed by atoms with Crippen molar-refractivity contribution in [3.8, 4) is 5.75 Å². The van der Waals surface area contributed by atoms with Crippen LogP contribution in [0.5, 0.6) is 5.75 Å². The summed E-state index contributed by atoms with van der Waals surface area (Å²) in [5, 5.41) is 9.57. The summed E-state index contributed by atoms with van der Waals surface area (Å²) >= 11 is 0. The van der Waals surface area contributed by atoms with Crippen molar-refractivity contribution < 1.29 is 9.90 Å². The maximum atomic E-state index is 12.5. The van der Waals surface area contributed by atoms with Gasteiger partial charge in [0, 0.05) is 45.5 Å². The van der Waals surface area contributed by atoms with Crippen LogP contribution in [0.2, 0.25) is 0 Å². The van der Waals surface area contributed by atoms with E-state index in [4.69, 9.17) is 0 Å². The van der Waals surface area contributed by atoms with Gasteiger partial charge in [-0.2, -0.15) is 0 Å². The summed E-state index contributed by atoms with van der Waals surface area (Å²) in [6, 6.07) is 13.2. The van der Waals surface area contributed by atoms with Gasteiger partial charge in [-0.25, -0.2) is 0 Å². The fourth-order valence-corrected chi connectivity index (χ4v) is 3.22. The highest BCUT2D eigenvalue weighted by molar-refractivity contribution is 5.78. The molecular formula is C20H26N4O2. The number of phenols is 1. The molecule has 1 aliphatic rings. The van der Waals surface area contributed by atoms with E-state index in [0.29, 0.717) is 18.8 Å². The second-order valence-corrected chi connectivity index (χ2v) is 6.82. The van der Waals surface area contributed by atoms with Crippen LogP contribution in [0.3, 0.4) is 0 Å². The highest BCUT2D eigenvalue weighted by Crippen LogP contribution is 2.14. The van der Waals surface area contributed by atoms with Gasteiger partial charge in [-0.15, -0.1) is 0 Å². The molecule has 0 bridgehead atoms. The predicted octanol–water partition coefficient (Wildman–Crippen LogP) is 1.56. The van der Waals surface area contributed by atoms with Crippen LogP contribution >= 0.6 is 0 Å². The lowest BCUT2D eigenvalue weighted by Crippen LogP contribution is -2.50. The third kappa shape index (κ3) is 5.28. The van der Waals surface area contributed by atoms with Gasteiger partial charge in [0.05, 0.1) is 12.2 Å². The molecule has 0 atom stereocenters. The van der Waals surface area contributed by atoms with Gasteiger partial charge < -0.3 is 10.0 Å². The Balaban J connectivity index is 1.43. The maximum absolute atomic E-state index is 12.5. The summed E-state index contributed by atoms with van der Waals surface area (Å²) in [6.45, 7) is 5.07. The normalized spacial score (nSPS) is 15.4. The van der Waals surface area contributed by atoms with E-state index in [0.717, 1.165) is 44.0 Å². The van der Waals surface area contributed by atoms with Crippen LogP contribution in [0, 0.1) is 0 Å². The first-order chi connectivity index (χ1) is 12.6. The molecule has 2 aromatic rings. The third-order valence-corrected chi connectivity index (χ3v) is 4.60. The molecule has 1 aromatic heterocycles. The average molecular weight is 354 g/mol. The highest BCUT2D eigenvalue weighted by Gasteiger charge is 2.22. The fraction of sp³-hybridized carbons (Fsp3) is 0.400. The molecular weight excluding hydrogens is 328 g/mol. The minimum Gasteiger partial charge on any atom is -0.508 e.